The molecule has 0 spiro atoms. The van der Waals surface area contributed by atoms with Gasteiger partial charge in [0.25, 0.3) is 0 Å². The third-order valence-electron chi connectivity index (χ3n) is 2.20. The van der Waals surface area contributed by atoms with Crippen molar-refractivity contribution in [2.24, 2.45) is 4.99 Å². The quantitative estimate of drug-likeness (QED) is 0.526. The molecule has 0 amide bonds. The van der Waals surface area contributed by atoms with Crippen LogP contribution in [0.25, 0.3) is 0 Å². The molecule has 0 radical (unpaired) electrons. The molecule has 0 saturated carbocycles. The standard InChI is InChI=1S/C15H11N/c1-2-13-8-10-14(11-9-13)12-16-15-6-4-3-5-7-15/h1,3-12H. The van der Waals surface area contributed by atoms with Crippen LogP contribution in [0.15, 0.2) is 59.6 Å². The molecule has 0 atom stereocenters. The summed E-state index contributed by atoms with van der Waals surface area (Å²) in [5.41, 5.74) is 2.88. The van der Waals surface area contributed by atoms with Gasteiger partial charge in [0.15, 0.2) is 0 Å². The van der Waals surface area contributed by atoms with Crippen molar-refractivity contribution in [3.63, 3.8) is 0 Å². The average Bonchev–Trinajstić information content (AvgIpc) is 2.38. The van der Waals surface area contributed by atoms with Gasteiger partial charge in [-0.3, -0.25) is 4.99 Å². The molecule has 0 bridgehead atoms. The molecule has 0 aliphatic rings. The summed E-state index contributed by atoms with van der Waals surface area (Å²) in [6.45, 7) is 0. The third-order valence-corrected chi connectivity index (χ3v) is 2.20. The second-order valence-corrected chi connectivity index (χ2v) is 3.36. The Labute approximate surface area is 95.5 Å². The Kier molecular flexibility index (Phi) is 3.15. The summed E-state index contributed by atoms with van der Waals surface area (Å²) in [6.07, 6.45) is 7.11. The van der Waals surface area contributed by atoms with Gasteiger partial charge in [-0.25, -0.2) is 0 Å². The number of para-hydroxylation sites is 1. The maximum absolute atomic E-state index is 5.28. The Hall–Kier alpha value is -2.33. The van der Waals surface area contributed by atoms with Gasteiger partial charge in [-0.05, 0) is 29.8 Å². The number of aliphatic imine (C=N–C) groups is 1. The molecule has 76 valence electrons. The lowest BCUT2D eigenvalue weighted by Gasteiger charge is -1.94. The van der Waals surface area contributed by atoms with Crippen molar-refractivity contribution in [2.45, 2.75) is 0 Å². The zero-order valence-electron chi connectivity index (χ0n) is 8.80. The average molecular weight is 205 g/mol. The zero-order valence-corrected chi connectivity index (χ0v) is 8.80. The van der Waals surface area contributed by atoms with E-state index < -0.39 is 0 Å². The number of terminal acetylenes is 1. The molecule has 1 nitrogen and oxygen atoms in total. The normalized spacial score (nSPS) is 10.2. The first kappa shape index (κ1) is 10.2. The van der Waals surface area contributed by atoms with E-state index in [9.17, 15) is 0 Å². The van der Waals surface area contributed by atoms with Crippen LogP contribution in [-0.4, -0.2) is 6.21 Å². The summed E-state index contributed by atoms with van der Waals surface area (Å²) < 4.78 is 0. The fourth-order valence-corrected chi connectivity index (χ4v) is 1.33. The molecule has 2 aromatic carbocycles. The Bertz CT molecular complexity index is 516. The van der Waals surface area contributed by atoms with Crippen molar-refractivity contribution >= 4 is 11.9 Å². The molecular formula is C15H11N. The van der Waals surface area contributed by atoms with Gasteiger partial charge in [-0.1, -0.05) is 36.3 Å². The molecule has 0 aliphatic heterocycles. The Morgan fingerprint density at radius 3 is 2.25 bits per heavy atom. The first-order valence-corrected chi connectivity index (χ1v) is 5.04. The molecule has 0 fully saturated rings. The first-order valence-electron chi connectivity index (χ1n) is 5.04. The number of nitrogens with zero attached hydrogens (tertiary/aromatic N) is 1. The Morgan fingerprint density at radius 1 is 0.938 bits per heavy atom. The number of hydrogen-bond acceptors (Lipinski definition) is 1. The fraction of sp³-hybridized carbons (Fsp3) is 0. The summed E-state index contributed by atoms with van der Waals surface area (Å²) in [6, 6.07) is 17.6. The minimum atomic E-state index is 0.886. The van der Waals surface area contributed by atoms with Crippen LogP contribution in [0.4, 0.5) is 5.69 Å². The maximum atomic E-state index is 5.28. The van der Waals surface area contributed by atoms with E-state index >= 15 is 0 Å². The second-order valence-electron chi connectivity index (χ2n) is 3.36. The minimum absolute atomic E-state index is 0.886. The highest BCUT2D eigenvalue weighted by Crippen LogP contribution is 2.10. The highest BCUT2D eigenvalue weighted by atomic mass is 14.7. The van der Waals surface area contributed by atoms with Gasteiger partial charge >= 0.3 is 0 Å². The fourth-order valence-electron chi connectivity index (χ4n) is 1.33. The van der Waals surface area contributed by atoms with E-state index in [1.54, 1.807) is 0 Å². The van der Waals surface area contributed by atoms with Crippen molar-refractivity contribution in [1.82, 2.24) is 0 Å². The van der Waals surface area contributed by atoms with Gasteiger partial charge in [0.05, 0.1) is 5.69 Å². The topological polar surface area (TPSA) is 12.4 Å². The van der Waals surface area contributed by atoms with Crippen molar-refractivity contribution in [3.05, 3.63) is 65.7 Å². The van der Waals surface area contributed by atoms with Gasteiger partial charge in [-0.2, -0.15) is 0 Å². The summed E-state index contributed by atoms with van der Waals surface area (Å²) in [5.74, 6) is 2.58. The smallest absolute Gasteiger partial charge is 0.0629 e. The highest BCUT2D eigenvalue weighted by Gasteiger charge is 1.89. The number of hydrogen-bond donors (Lipinski definition) is 0. The molecule has 16 heavy (non-hydrogen) atoms. The van der Waals surface area contributed by atoms with Gasteiger partial charge in [-0.15, -0.1) is 6.42 Å². The van der Waals surface area contributed by atoms with Crippen LogP contribution in [-0.2, 0) is 0 Å². The second kappa shape index (κ2) is 4.95. The molecule has 0 heterocycles. The molecule has 0 unspecified atom stereocenters. The number of rotatable bonds is 2. The molecular weight excluding hydrogens is 194 g/mol. The van der Waals surface area contributed by atoms with E-state index in [-0.39, 0.29) is 0 Å². The van der Waals surface area contributed by atoms with Crippen molar-refractivity contribution < 1.29 is 0 Å². The molecule has 0 N–H and O–H groups in total. The predicted octanol–water partition coefficient (Wildman–Crippen LogP) is 3.42. The summed E-state index contributed by atoms with van der Waals surface area (Å²) in [4.78, 5) is 4.36. The molecule has 0 aliphatic carbocycles. The van der Waals surface area contributed by atoms with Gasteiger partial charge < -0.3 is 0 Å². The largest absolute Gasteiger partial charge is 0.256 e. The predicted molar refractivity (Wildman–Crippen MR) is 68.1 cm³/mol. The molecule has 0 saturated heterocycles. The van der Waals surface area contributed by atoms with Gasteiger partial charge in [0.1, 0.15) is 0 Å². The Morgan fingerprint density at radius 2 is 1.62 bits per heavy atom. The van der Waals surface area contributed by atoms with Crippen LogP contribution in [0.5, 0.6) is 0 Å². The van der Waals surface area contributed by atoms with Crippen molar-refractivity contribution in [3.8, 4) is 12.3 Å². The third kappa shape index (κ3) is 2.59. The van der Waals surface area contributed by atoms with E-state index in [2.05, 4.69) is 10.9 Å². The van der Waals surface area contributed by atoms with Crippen LogP contribution < -0.4 is 0 Å². The lowest BCUT2D eigenvalue weighted by Crippen LogP contribution is -1.80. The van der Waals surface area contributed by atoms with Crippen LogP contribution in [0.2, 0.25) is 0 Å². The summed E-state index contributed by atoms with van der Waals surface area (Å²) in [7, 11) is 0. The van der Waals surface area contributed by atoms with Crippen LogP contribution >= 0.6 is 0 Å². The Balaban J connectivity index is 2.15. The van der Waals surface area contributed by atoms with Crippen LogP contribution in [0.1, 0.15) is 11.1 Å². The monoisotopic (exact) mass is 205 g/mol. The zero-order chi connectivity index (χ0) is 11.2. The number of benzene rings is 2. The minimum Gasteiger partial charge on any atom is -0.256 e. The first-order chi connectivity index (χ1) is 7.88. The molecule has 0 aromatic heterocycles. The lowest BCUT2D eigenvalue weighted by atomic mass is 10.1. The van der Waals surface area contributed by atoms with E-state index in [4.69, 9.17) is 6.42 Å². The van der Waals surface area contributed by atoms with Crippen molar-refractivity contribution in [1.29, 1.82) is 0 Å². The van der Waals surface area contributed by atoms with Gasteiger partial charge in [0.2, 0.25) is 0 Å². The summed E-state index contributed by atoms with van der Waals surface area (Å²) in [5, 5.41) is 0. The van der Waals surface area contributed by atoms with Crippen molar-refractivity contribution in [2.75, 3.05) is 0 Å². The van der Waals surface area contributed by atoms with Crippen LogP contribution in [0.3, 0.4) is 0 Å². The van der Waals surface area contributed by atoms with E-state index in [0.717, 1.165) is 16.8 Å². The molecule has 1 heteroatoms. The van der Waals surface area contributed by atoms with E-state index in [0.29, 0.717) is 0 Å². The maximum Gasteiger partial charge on any atom is 0.0629 e. The highest BCUT2D eigenvalue weighted by molar-refractivity contribution is 5.82. The molecule has 2 rings (SSSR count). The van der Waals surface area contributed by atoms with E-state index in [1.165, 1.54) is 0 Å². The molecule has 2 aromatic rings. The van der Waals surface area contributed by atoms with E-state index in [1.807, 2.05) is 60.8 Å². The van der Waals surface area contributed by atoms with Gasteiger partial charge in [0, 0.05) is 11.8 Å². The van der Waals surface area contributed by atoms with Crippen LogP contribution in [0, 0.1) is 12.3 Å². The SMILES string of the molecule is C#Cc1ccc(C=Nc2ccccc2)cc1. The lowest BCUT2D eigenvalue weighted by molar-refractivity contribution is 1.52. The summed E-state index contributed by atoms with van der Waals surface area (Å²) >= 11 is 0.